The van der Waals surface area contributed by atoms with Crippen LogP contribution in [0.4, 0.5) is 10.1 Å². The number of likely N-dealkylation sites (tertiary alicyclic amines) is 1. The Kier molecular flexibility index (Phi) is 5.99. The van der Waals surface area contributed by atoms with Gasteiger partial charge in [-0.25, -0.2) is 9.29 Å². The van der Waals surface area contributed by atoms with Gasteiger partial charge in [0.15, 0.2) is 0 Å². The molecule has 3 amide bonds. The predicted octanol–water partition coefficient (Wildman–Crippen LogP) is 2.36. The Morgan fingerprint density at radius 3 is 2.29 bits per heavy atom. The van der Waals surface area contributed by atoms with Crippen molar-refractivity contribution in [2.75, 3.05) is 25.1 Å². The van der Waals surface area contributed by atoms with E-state index in [0.29, 0.717) is 42.9 Å². The van der Waals surface area contributed by atoms with Crippen LogP contribution in [0, 0.1) is 5.82 Å². The van der Waals surface area contributed by atoms with Gasteiger partial charge in [0.25, 0.3) is 11.8 Å². The average Bonchev–Trinajstić information content (AvgIpc) is 3.07. The molecule has 2 aromatic rings. The standard InChI is InChI=1S/C23H24FN3O4/c1-31-19-8-2-15(3-9-19)22(29)26-12-10-17(11-13-26)25-20-14-21(28)27(23(20)30)18-6-4-16(24)5-7-18/h2-9,17,20,25H,10-14H2,1H3. The van der Waals surface area contributed by atoms with Crippen LogP contribution in [0.15, 0.2) is 48.5 Å². The summed E-state index contributed by atoms with van der Waals surface area (Å²) in [4.78, 5) is 40.7. The summed E-state index contributed by atoms with van der Waals surface area (Å²) in [6.45, 7) is 1.14. The molecule has 1 N–H and O–H groups in total. The molecule has 2 aliphatic heterocycles. The summed E-state index contributed by atoms with van der Waals surface area (Å²) in [6.07, 6.45) is 1.45. The van der Waals surface area contributed by atoms with E-state index in [1.165, 1.54) is 24.3 Å². The zero-order valence-electron chi connectivity index (χ0n) is 17.2. The number of anilines is 1. The second kappa shape index (κ2) is 8.85. The molecule has 162 valence electrons. The zero-order valence-corrected chi connectivity index (χ0v) is 17.2. The summed E-state index contributed by atoms with van der Waals surface area (Å²) >= 11 is 0. The summed E-state index contributed by atoms with van der Waals surface area (Å²) < 4.78 is 18.3. The second-order valence-electron chi connectivity index (χ2n) is 7.76. The SMILES string of the molecule is COc1ccc(C(=O)N2CCC(NC3CC(=O)N(c4ccc(F)cc4)C3=O)CC2)cc1. The number of amides is 3. The summed E-state index contributed by atoms with van der Waals surface area (Å²) in [5.74, 6) is -0.385. The Balaban J connectivity index is 1.32. The van der Waals surface area contributed by atoms with Gasteiger partial charge in [0, 0.05) is 24.7 Å². The van der Waals surface area contributed by atoms with Crippen molar-refractivity contribution >= 4 is 23.4 Å². The van der Waals surface area contributed by atoms with Crippen molar-refractivity contribution in [2.45, 2.75) is 31.3 Å². The lowest BCUT2D eigenvalue weighted by atomic mass is 10.0. The van der Waals surface area contributed by atoms with Crippen molar-refractivity contribution in [3.8, 4) is 5.75 Å². The number of carbonyl (C=O) groups excluding carboxylic acids is 3. The molecule has 2 aliphatic rings. The van der Waals surface area contributed by atoms with Crippen LogP contribution in [0.3, 0.4) is 0 Å². The van der Waals surface area contributed by atoms with E-state index in [-0.39, 0.29) is 30.2 Å². The fourth-order valence-electron chi connectivity index (χ4n) is 4.07. The Morgan fingerprint density at radius 2 is 1.68 bits per heavy atom. The maximum absolute atomic E-state index is 13.2. The second-order valence-corrected chi connectivity index (χ2v) is 7.76. The highest BCUT2D eigenvalue weighted by atomic mass is 19.1. The monoisotopic (exact) mass is 425 g/mol. The molecule has 8 heteroatoms. The minimum absolute atomic E-state index is 0.0318. The van der Waals surface area contributed by atoms with Crippen molar-refractivity contribution in [1.29, 1.82) is 0 Å². The number of nitrogens with zero attached hydrogens (tertiary/aromatic N) is 2. The minimum Gasteiger partial charge on any atom is -0.497 e. The van der Waals surface area contributed by atoms with Gasteiger partial charge in [-0.3, -0.25) is 14.4 Å². The van der Waals surface area contributed by atoms with Gasteiger partial charge in [0.1, 0.15) is 11.6 Å². The number of benzene rings is 2. The van der Waals surface area contributed by atoms with Gasteiger partial charge >= 0.3 is 0 Å². The number of piperidine rings is 1. The van der Waals surface area contributed by atoms with Gasteiger partial charge in [0.05, 0.1) is 25.3 Å². The Morgan fingerprint density at radius 1 is 1.03 bits per heavy atom. The van der Waals surface area contributed by atoms with Gasteiger partial charge in [-0.05, 0) is 61.4 Å². The van der Waals surface area contributed by atoms with E-state index in [0.717, 1.165) is 4.90 Å². The van der Waals surface area contributed by atoms with Crippen molar-refractivity contribution in [3.05, 3.63) is 59.9 Å². The molecule has 2 saturated heterocycles. The van der Waals surface area contributed by atoms with Crippen LogP contribution in [-0.2, 0) is 9.59 Å². The largest absolute Gasteiger partial charge is 0.497 e. The van der Waals surface area contributed by atoms with E-state index >= 15 is 0 Å². The molecule has 1 unspecified atom stereocenters. The van der Waals surface area contributed by atoms with Crippen LogP contribution in [0.25, 0.3) is 0 Å². The first-order valence-corrected chi connectivity index (χ1v) is 10.3. The number of rotatable bonds is 5. The molecule has 2 heterocycles. The number of carbonyl (C=O) groups is 3. The van der Waals surface area contributed by atoms with E-state index < -0.39 is 11.9 Å². The number of nitrogens with one attached hydrogen (secondary N) is 1. The first-order valence-electron chi connectivity index (χ1n) is 10.3. The summed E-state index contributed by atoms with van der Waals surface area (Å²) in [5.41, 5.74) is 0.985. The van der Waals surface area contributed by atoms with Crippen LogP contribution < -0.4 is 15.0 Å². The first-order chi connectivity index (χ1) is 15.0. The Labute approximate surface area is 179 Å². The smallest absolute Gasteiger partial charge is 0.253 e. The predicted molar refractivity (Wildman–Crippen MR) is 112 cm³/mol. The molecular formula is C23H24FN3O4. The Hall–Kier alpha value is -3.26. The maximum Gasteiger partial charge on any atom is 0.253 e. The molecular weight excluding hydrogens is 401 g/mol. The third-order valence-corrected chi connectivity index (χ3v) is 5.79. The number of methoxy groups -OCH3 is 1. The molecule has 1 atom stereocenters. The van der Waals surface area contributed by atoms with Crippen LogP contribution in [0.5, 0.6) is 5.75 Å². The lowest BCUT2D eigenvalue weighted by molar-refractivity contribution is -0.121. The van der Waals surface area contributed by atoms with Crippen LogP contribution >= 0.6 is 0 Å². The quantitative estimate of drug-likeness (QED) is 0.744. The molecule has 4 rings (SSSR count). The molecule has 0 aliphatic carbocycles. The van der Waals surface area contributed by atoms with Gasteiger partial charge in [0.2, 0.25) is 5.91 Å². The lowest BCUT2D eigenvalue weighted by Crippen LogP contribution is -2.49. The number of hydrogen-bond donors (Lipinski definition) is 1. The third kappa shape index (κ3) is 4.44. The highest BCUT2D eigenvalue weighted by molar-refractivity contribution is 6.22. The van der Waals surface area contributed by atoms with Gasteiger partial charge in [-0.15, -0.1) is 0 Å². The fraction of sp³-hybridized carbons (Fsp3) is 0.348. The molecule has 0 aromatic heterocycles. The van der Waals surface area contributed by atoms with Crippen molar-refractivity contribution in [1.82, 2.24) is 10.2 Å². The maximum atomic E-state index is 13.2. The number of imide groups is 1. The summed E-state index contributed by atoms with van der Waals surface area (Å²) in [5, 5.41) is 3.28. The summed E-state index contributed by atoms with van der Waals surface area (Å²) in [6, 6.07) is 11.8. The topological polar surface area (TPSA) is 79.0 Å². The summed E-state index contributed by atoms with van der Waals surface area (Å²) in [7, 11) is 1.58. The third-order valence-electron chi connectivity index (χ3n) is 5.79. The lowest BCUT2D eigenvalue weighted by Gasteiger charge is -2.33. The fourth-order valence-corrected chi connectivity index (χ4v) is 4.07. The molecule has 0 spiro atoms. The van der Waals surface area contributed by atoms with Crippen molar-refractivity contribution < 1.29 is 23.5 Å². The molecule has 0 bridgehead atoms. The van der Waals surface area contributed by atoms with Crippen LogP contribution in [0.2, 0.25) is 0 Å². The molecule has 0 radical (unpaired) electrons. The normalized spacial score (nSPS) is 19.7. The number of halogens is 1. The number of hydrogen-bond acceptors (Lipinski definition) is 5. The number of ether oxygens (including phenoxy) is 1. The van der Waals surface area contributed by atoms with Crippen molar-refractivity contribution in [3.63, 3.8) is 0 Å². The molecule has 2 aromatic carbocycles. The van der Waals surface area contributed by atoms with E-state index in [1.807, 2.05) is 0 Å². The van der Waals surface area contributed by atoms with E-state index in [9.17, 15) is 18.8 Å². The van der Waals surface area contributed by atoms with E-state index in [2.05, 4.69) is 5.32 Å². The van der Waals surface area contributed by atoms with Gasteiger partial charge < -0.3 is 15.0 Å². The van der Waals surface area contributed by atoms with Crippen molar-refractivity contribution in [2.24, 2.45) is 0 Å². The van der Waals surface area contributed by atoms with E-state index in [4.69, 9.17) is 4.74 Å². The molecule has 2 fully saturated rings. The first kappa shape index (κ1) is 21.0. The van der Waals surface area contributed by atoms with Crippen LogP contribution in [0.1, 0.15) is 29.6 Å². The zero-order chi connectivity index (χ0) is 22.0. The minimum atomic E-state index is -0.605. The highest BCUT2D eigenvalue weighted by Crippen LogP contribution is 2.24. The Bertz CT molecular complexity index is 969. The highest BCUT2D eigenvalue weighted by Gasteiger charge is 2.40. The average molecular weight is 425 g/mol. The van der Waals surface area contributed by atoms with Crippen LogP contribution in [-0.4, -0.2) is 54.9 Å². The molecule has 31 heavy (non-hydrogen) atoms. The van der Waals surface area contributed by atoms with Gasteiger partial charge in [-0.1, -0.05) is 0 Å². The van der Waals surface area contributed by atoms with E-state index in [1.54, 1.807) is 36.3 Å². The molecule has 7 nitrogen and oxygen atoms in total. The molecule has 0 saturated carbocycles. The van der Waals surface area contributed by atoms with Gasteiger partial charge in [-0.2, -0.15) is 0 Å².